The smallest absolute Gasteiger partial charge is 0.343 e. The van der Waals surface area contributed by atoms with Crippen LogP contribution in [0.2, 0.25) is 0 Å². The molecule has 7 nitrogen and oxygen atoms in total. The first-order chi connectivity index (χ1) is 12.0. The van der Waals surface area contributed by atoms with E-state index in [1.165, 1.54) is 0 Å². The van der Waals surface area contributed by atoms with Crippen LogP contribution in [0.1, 0.15) is 22.3 Å². The van der Waals surface area contributed by atoms with Crippen LogP contribution in [0.5, 0.6) is 5.75 Å². The average molecular weight is 340 g/mol. The molecule has 0 aliphatic rings. The van der Waals surface area contributed by atoms with E-state index in [4.69, 9.17) is 15.9 Å². The van der Waals surface area contributed by atoms with Gasteiger partial charge in [-0.3, -0.25) is 10.2 Å². The number of rotatable bonds is 6. The summed E-state index contributed by atoms with van der Waals surface area (Å²) in [7, 11) is 1.60. The van der Waals surface area contributed by atoms with Gasteiger partial charge in [0.25, 0.3) is 0 Å². The summed E-state index contributed by atoms with van der Waals surface area (Å²) in [4.78, 5) is 23.4. The van der Waals surface area contributed by atoms with Gasteiger partial charge in [0.2, 0.25) is 5.91 Å². The maximum atomic E-state index is 12.1. The van der Waals surface area contributed by atoms with Gasteiger partial charge in [0.05, 0.1) is 5.56 Å². The number of nitrogens with two attached hydrogens (primary N) is 1. The number of guanidine groups is 1. The minimum Gasteiger partial charge on any atom is -0.423 e. The van der Waals surface area contributed by atoms with Crippen molar-refractivity contribution < 1.29 is 14.3 Å². The van der Waals surface area contributed by atoms with Gasteiger partial charge in [0.15, 0.2) is 5.96 Å². The van der Waals surface area contributed by atoms with Crippen molar-refractivity contribution in [1.82, 2.24) is 5.32 Å². The minimum absolute atomic E-state index is 0.0155. The highest BCUT2D eigenvalue weighted by Gasteiger charge is 2.09. The Morgan fingerprint density at radius 1 is 1.08 bits per heavy atom. The molecule has 5 N–H and O–H groups in total. The van der Waals surface area contributed by atoms with E-state index in [1.807, 2.05) is 12.1 Å². The summed E-state index contributed by atoms with van der Waals surface area (Å²) in [5.41, 5.74) is 7.23. The van der Waals surface area contributed by atoms with E-state index in [0.29, 0.717) is 29.8 Å². The Morgan fingerprint density at radius 3 is 2.28 bits per heavy atom. The van der Waals surface area contributed by atoms with Crippen LogP contribution in [0.4, 0.5) is 5.69 Å². The fraction of sp³-hybridized carbons (Fsp3) is 0.167. The van der Waals surface area contributed by atoms with E-state index < -0.39 is 5.97 Å². The number of anilines is 1. The number of benzene rings is 2. The SMILES string of the molecule is CNC(=O)CCc1ccc(OC(=O)c2ccc(NC(=N)N)cc2)cc1. The zero-order chi connectivity index (χ0) is 18.2. The van der Waals surface area contributed by atoms with Crippen molar-refractivity contribution in [2.75, 3.05) is 12.4 Å². The van der Waals surface area contributed by atoms with Gasteiger partial charge in [-0.15, -0.1) is 0 Å². The molecule has 130 valence electrons. The van der Waals surface area contributed by atoms with Crippen LogP contribution in [0.25, 0.3) is 0 Å². The third kappa shape index (κ3) is 5.65. The number of carbonyl (C=O) groups is 2. The molecule has 0 fully saturated rings. The van der Waals surface area contributed by atoms with E-state index in [1.54, 1.807) is 43.4 Å². The van der Waals surface area contributed by atoms with Crippen molar-refractivity contribution >= 4 is 23.5 Å². The normalized spacial score (nSPS) is 9.96. The minimum atomic E-state index is -0.479. The molecule has 25 heavy (non-hydrogen) atoms. The molecule has 0 spiro atoms. The number of nitrogens with one attached hydrogen (secondary N) is 3. The fourth-order valence-corrected chi connectivity index (χ4v) is 2.12. The average Bonchev–Trinajstić information content (AvgIpc) is 2.61. The Hall–Kier alpha value is -3.35. The quantitative estimate of drug-likeness (QED) is 0.277. The van der Waals surface area contributed by atoms with Gasteiger partial charge < -0.3 is 21.1 Å². The molecule has 0 unspecified atom stereocenters. The molecular weight excluding hydrogens is 320 g/mol. The zero-order valence-electron chi connectivity index (χ0n) is 13.8. The third-order valence-electron chi connectivity index (χ3n) is 3.45. The van der Waals surface area contributed by atoms with Crippen molar-refractivity contribution in [1.29, 1.82) is 5.41 Å². The number of hydrogen-bond donors (Lipinski definition) is 4. The van der Waals surface area contributed by atoms with Gasteiger partial charge >= 0.3 is 5.97 Å². The van der Waals surface area contributed by atoms with E-state index in [0.717, 1.165) is 5.56 Å². The lowest BCUT2D eigenvalue weighted by molar-refractivity contribution is -0.120. The second-order valence-electron chi connectivity index (χ2n) is 5.32. The van der Waals surface area contributed by atoms with Gasteiger partial charge in [-0.2, -0.15) is 0 Å². The molecule has 0 bridgehead atoms. The highest BCUT2D eigenvalue weighted by atomic mass is 16.5. The highest BCUT2D eigenvalue weighted by Crippen LogP contribution is 2.16. The monoisotopic (exact) mass is 340 g/mol. The molecule has 0 heterocycles. The Labute approximate surface area is 145 Å². The summed E-state index contributed by atoms with van der Waals surface area (Å²) in [6.07, 6.45) is 1.04. The van der Waals surface area contributed by atoms with Crippen LogP contribution in [0.15, 0.2) is 48.5 Å². The number of hydrogen-bond acceptors (Lipinski definition) is 4. The predicted molar refractivity (Wildman–Crippen MR) is 95.8 cm³/mol. The largest absolute Gasteiger partial charge is 0.423 e. The number of amides is 1. The molecule has 0 radical (unpaired) electrons. The third-order valence-corrected chi connectivity index (χ3v) is 3.45. The second kappa shape index (κ2) is 8.49. The van der Waals surface area contributed by atoms with Crippen molar-refractivity contribution in [2.24, 2.45) is 5.73 Å². The van der Waals surface area contributed by atoms with Crippen LogP contribution in [-0.4, -0.2) is 24.9 Å². The molecule has 0 saturated carbocycles. The first-order valence-electron chi connectivity index (χ1n) is 7.71. The standard InChI is InChI=1S/C18H20N4O3/c1-21-16(23)11-4-12-2-9-15(10-3-12)25-17(24)13-5-7-14(8-6-13)22-18(19)20/h2-3,5-10H,4,11H2,1H3,(H,21,23)(H4,19,20,22). The van der Waals surface area contributed by atoms with Crippen LogP contribution < -0.4 is 21.1 Å². The summed E-state index contributed by atoms with van der Waals surface area (Å²) in [5, 5.41) is 12.4. The van der Waals surface area contributed by atoms with E-state index in [-0.39, 0.29) is 11.9 Å². The highest BCUT2D eigenvalue weighted by molar-refractivity contribution is 5.93. The summed E-state index contributed by atoms with van der Waals surface area (Å²) in [6, 6.07) is 13.5. The van der Waals surface area contributed by atoms with Crippen LogP contribution in [0.3, 0.4) is 0 Å². The van der Waals surface area contributed by atoms with E-state index in [2.05, 4.69) is 10.6 Å². The molecule has 7 heteroatoms. The maximum Gasteiger partial charge on any atom is 0.343 e. The molecular formula is C18H20N4O3. The zero-order valence-corrected chi connectivity index (χ0v) is 13.8. The molecule has 0 saturated heterocycles. The number of ether oxygens (including phenoxy) is 1. The van der Waals surface area contributed by atoms with Gasteiger partial charge in [-0.25, -0.2) is 4.79 Å². The molecule has 0 aliphatic carbocycles. The topological polar surface area (TPSA) is 117 Å². The molecule has 2 aromatic carbocycles. The summed E-state index contributed by atoms with van der Waals surface area (Å²) < 4.78 is 5.32. The molecule has 0 atom stereocenters. The van der Waals surface area contributed by atoms with Crippen LogP contribution in [-0.2, 0) is 11.2 Å². The summed E-state index contributed by atoms with van der Waals surface area (Å²) in [5.74, 6) is -0.239. The van der Waals surface area contributed by atoms with Crippen molar-refractivity contribution in [3.63, 3.8) is 0 Å². The Morgan fingerprint density at radius 2 is 1.72 bits per heavy atom. The van der Waals surface area contributed by atoms with Gasteiger partial charge in [-0.1, -0.05) is 12.1 Å². The molecule has 1 amide bonds. The van der Waals surface area contributed by atoms with Crippen molar-refractivity contribution in [2.45, 2.75) is 12.8 Å². The van der Waals surface area contributed by atoms with E-state index >= 15 is 0 Å². The lowest BCUT2D eigenvalue weighted by Gasteiger charge is -2.07. The van der Waals surface area contributed by atoms with Crippen molar-refractivity contribution in [3.05, 3.63) is 59.7 Å². The van der Waals surface area contributed by atoms with Gasteiger partial charge in [0.1, 0.15) is 5.75 Å². The molecule has 0 aromatic heterocycles. The summed E-state index contributed by atoms with van der Waals surface area (Å²) >= 11 is 0. The molecule has 2 rings (SSSR count). The summed E-state index contributed by atoms with van der Waals surface area (Å²) in [6.45, 7) is 0. The Kier molecular flexibility index (Phi) is 6.11. The van der Waals surface area contributed by atoms with Crippen molar-refractivity contribution in [3.8, 4) is 5.75 Å². The first-order valence-corrected chi connectivity index (χ1v) is 7.71. The van der Waals surface area contributed by atoms with Crippen LogP contribution in [0, 0.1) is 5.41 Å². The van der Waals surface area contributed by atoms with Gasteiger partial charge in [0, 0.05) is 19.2 Å². The Bertz CT molecular complexity index is 755. The Balaban J connectivity index is 1.93. The molecule has 0 aliphatic heterocycles. The van der Waals surface area contributed by atoms with E-state index in [9.17, 15) is 9.59 Å². The van der Waals surface area contributed by atoms with Gasteiger partial charge in [-0.05, 0) is 48.4 Å². The first kappa shape index (κ1) is 18.0. The lowest BCUT2D eigenvalue weighted by Crippen LogP contribution is -2.20. The molecule has 2 aromatic rings. The number of aryl methyl sites for hydroxylation is 1. The maximum absolute atomic E-state index is 12.1. The predicted octanol–water partition coefficient (Wildman–Crippen LogP) is 1.89. The number of esters is 1. The number of carbonyl (C=O) groups excluding carboxylic acids is 2. The fourth-order valence-electron chi connectivity index (χ4n) is 2.12. The lowest BCUT2D eigenvalue weighted by atomic mass is 10.1. The van der Waals surface area contributed by atoms with Crippen LogP contribution >= 0.6 is 0 Å². The second-order valence-corrected chi connectivity index (χ2v) is 5.32.